The fourth-order valence-electron chi connectivity index (χ4n) is 2.22. The molecule has 2 aliphatic heterocycles. The lowest BCUT2D eigenvalue weighted by Crippen LogP contribution is -2.47. The van der Waals surface area contributed by atoms with E-state index in [1.807, 2.05) is 11.8 Å². The largest absolute Gasteiger partial charge is 0.381 e. The van der Waals surface area contributed by atoms with Crippen molar-refractivity contribution in [2.24, 2.45) is 5.92 Å². The third-order valence-corrected chi connectivity index (χ3v) is 3.12. The van der Waals surface area contributed by atoms with E-state index in [4.69, 9.17) is 9.47 Å². The van der Waals surface area contributed by atoms with Gasteiger partial charge in [0.1, 0.15) is 0 Å². The number of hydrogen-bond acceptors (Lipinski definition) is 3. The van der Waals surface area contributed by atoms with Crippen LogP contribution in [0, 0.1) is 5.92 Å². The molecule has 0 aliphatic carbocycles. The van der Waals surface area contributed by atoms with E-state index in [2.05, 4.69) is 0 Å². The normalized spacial score (nSPS) is 29.1. The Morgan fingerprint density at radius 3 is 2.67 bits per heavy atom. The maximum absolute atomic E-state index is 12.1. The summed E-state index contributed by atoms with van der Waals surface area (Å²) in [4.78, 5) is 14.1. The SMILES string of the molecule is CC1CN(C(=O)C2CCOCC2)CCO1. The molecule has 0 aromatic heterocycles. The van der Waals surface area contributed by atoms with Crippen LogP contribution in [0.1, 0.15) is 19.8 Å². The smallest absolute Gasteiger partial charge is 0.226 e. The van der Waals surface area contributed by atoms with Crippen molar-refractivity contribution >= 4 is 5.91 Å². The van der Waals surface area contributed by atoms with Crippen molar-refractivity contribution in [2.45, 2.75) is 25.9 Å². The molecule has 86 valence electrons. The summed E-state index contributed by atoms with van der Waals surface area (Å²) in [6, 6.07) is 0. The highest BCUT2D eigenvalue weighted by molar-refractivity contribution is 5.79. The van der Waals surface area contributed by atoms with E-state index in [0.29, 0.717) is 12.5 Å². The molecule has 2 aliphatic rings. The Morgan fingerprint density at radius 1 is 1.27 bits per heavy atom. The van der Waals surface area contributed by atoms with Gasteiger partial charge in [-0.1, -0.05) is 0 Å². The van der Waals surface area contributed by atoms with Crippen LogP contribution < -0.4 is 0 Å². The molecule has 4 nitrogen and oxygen atoms in total. The van der Waals surface area contributed by atoms with Crippen LogP contribution in [0.15, 0.2) is 0 Å². The molecule has 4 heteroatoms. The zero-order chi connectivity index (χ0) is 10.7. The Labute approximate surface area is 90.5 Å². The zero-order valence-corrected chi connectivity index (χ0v) is 9.28. The molecular weight excluding hydrogens is 194 g/mol. The van der Waals surface area contributed by atoms with Crippen LogP contribution >= 0.6 is 0 Å². The average molecular weight is 213 g/mol. The van der Waals surface area contributed by atoms with Crippen LogP contribution in [-0.4, -0.2) is 49.8 Å². The maximum Gasteiger partial charge on any atom is 0.226 e. The Hall–Kier alpha value is -0.610. The second-order valence-electron chi connectivity index (χ2n) is 4.35. The summed E-state index contributed by atoms with van der Waals surface area (Å²) in [5, 5.41) is 0. The lowest BCUT2D eigenvalue weighted by atomic mass is 9.98. The van der Waals surface area contributed by atoms with E-state index in [1.54, 1.807) is 0 Å². The Bertz CT molecular complexity index is 226. The van der Waals surface area contributed by atoms with Gasteiger partial charge in [0.2, 0.25) is 5.91 Å². The first kappa shape index (κ1) is 10.9. The quantitative estimate of drug-likeness (QED) is 0.642. The van der Waals surface area contributed by atoms with Gasteiger partial charge in [0, 0.05) is 32.2 Å². The first-order valence-electron chi connectivity index (χ1n) is 5.75. The van der Waals surface area contributed by atoms with E-state index in [1.165, 1.54) is 0 Å². The molecule has 15 heavy (non-hydrogen) atoms. The highest BCUT2D eigenvalue weighted by Gasteiger charge is 2.28. The molecule has 2 rings (SSSR count). The fourth-order valence-corrected chi connectivity index (χ4v) is 2.22. The van der Waals surface area contributed by atoms with Crippen LogP contribution in [0.5, 0.6) is 0 Å². The van der Waals surface area contributed by atoms with E-state index >= 15 is 0 Å². The molecule has 0 bridgehead atoms. The van der Waals surface area contributed by atoms with Crippen molar-refractivity contribution in [2.75, 3.05) is 32.9 Å². The van der Waals surface area contributed by atoms with Gasteiger partial charge < -0.3 is 14.4 Å². The maximum atomic E-state index is 12.1. The second-order valence-corrected chi connectivity index (χ2v) is 4.35. The average Bonchev–Trinajstić information content (AvgIpc) is 2.29. The Kier molecular flexibility index (Phi) is 3.59. The predicted molar refractivity (Wildman–Crippen MR) is 55.5 cm³/mol. The van der Waals surface area contributed by atoms with Gasteiger partial charge in [-0.05, 0) is 19.8 Å². The van der Waals surface area contributed by atoms with Gasteiger partial charge in [0.15, 0.2) is 0 Å². The number of amides is 1. The minimum atomic E-state index is 0.183. The molecule has 0 radical (unpaired) electrons. The van der Waals surface area contributed by atoms with Crippen LogP contribution in [0.4, 0.5) is 0 Å². The Balaban J connectivity index is 1.88. The molecule has 0 aromatic rings. The molecule has 2 fully saturated rings. The molecule has 2 heterocycles. The molecule has 0 aromatic carbocycles. The second kappa shape index (κ2) is 4.94. The minimum absolute atomic E-state index is 0.183. The summed E-state index contributed by atoms with van der Waals surface area (Å²) < 4.78 is 10.7. The predicted octanol–water partition coefficient (Wildman–Crippen LogP) is 0.660. The molecular formula is C11H19NO3. The molecule has 0 N–H and O–H groups in total. The van der Waals surface area contributed by atoms with Crippen molar-refractivity contribution in [3.8, 4) is 0 Å². The van der Waals surface area contributed by atoms with Crippen molar-refractivity contribution in [3.05, 3.63) is 0 Å². The molecule has 1 unspecified atom stereocenters. The number of ether oxygens (including phenoxy) is 2. The lowest BCUT2D eigenvalue weighted by Gasteiger charge is -2.34. The summed E-state index contributed by atoms with van der Waals surface area (Å²) in [6.07, 6.45) is 1.94. The third kappa shape index (κ3) is 2.69. The summed E-state index contributed by atoms with van der Waals surface area (Å²) in [5.74, 6) is 0.484. The summed E-state index contributed by atoms with van der Waals surface area (Å²) in [5.41, 5.74) is 0. The van der Waals surface area contributed by atoms with Crippen molar-refractivity contribution in [3.63, 3.8) is 0 Å². The molecule has 1 amide bonds. The molecule has 0 spiro atoms. The number of rotatable bonds is 1. The van der Waals surface area contributed by atoms with E-state index in [-0.39, 0.29) is 12.0 Å². The fraction of sp³-hybridized carbons (Fsp3) is 0.909. The van der Waals surface area contributed by atoms with Gasteiger partial charge in [0.25, 0.3) is 0 Å². The highest BCUT2D eigenvalue weighted by Crippen LogP contribution is 2.19. The van der Waals surface area contributed by atoms with Crippen LogP contribution in [-0.2, 0) is 14.3 Å². The zero-order valence-electron chi connectivity index (χ0n) is 9.28. The first-order chi connectivity index (χ1) is 7.27. The van der Waals surface area contributed by atoms with E-state index in [0.717, 1.165) is 39.1 Å². The van der Waals surface area contributed by atoms with Crippen molar-refractivity contribution in [1.29, 1.82) is 0 Å². The van der Waals surface area contributed by atoms with E-state index < -0.39 is 0 Å². The van der Waals surface area contributed by atoms with Gasteiger partial charge in [-0.3, -0.25) is 4.79 Å². The molecule has 2 saturated heterocycles. The van der Waals surface area contributed by atoms with Gasteiger partial charge in [-0.2, -0.15) is 0 Å². The molecule has 0 saturated carbocycles. The van der Waals surface area contributed by atoms with Gasteiger partial charge in [0.05, 0.1) is 12.7 Å². The number of carbonyl (C=O) groups excluding carboxylic acids is 1. The third-order valence-electron chi connectivity index (χ3n) is 3.12. The van der Waals surface area contributed by atoms with E-state index in [9.17, 15) is 4.79 Å². The number of carbonyl (C=O) groups is 1. The van der Waals surface area contributed by atoms with Gasteiger partial charge >= 0.3 is 0 Å². The number of hydrogen-bond donors (Lipinski definition) is 0. The minimum Gasteiger partial charge on any atom is -0.381 e. The Morgan fingerprint density at radius 2 is 2.00 bits per heavy atom. The topological polar surface area (TPSA) is 38.8 Å². The van der Waals surface area contributed by atoms with Gasteiger partial charge in [-0.25, -0.2) is 0 Å². The lowest BCUT2D eigenvalue weighted by molar-refractivity contribution is -0.145. The highest BCUT2D eigenvalue weighted by atomic mass is 16.5. The number of morpholine rings is 1. The standard InChI is InChI=1S/C11H19NO3/c1-9-8-12(4-7-15-9)11(13)10-2-5-14-6-3-10/h9-10H,2-8H2,1H3. The summed E-state index contributed by atoms with van der Waals surface area (Å²) in [6.45, 7) is 5.66. The summed E-state index contributed by atoms with van der Waals surface area (Å²) in [7, 11) is 0. The van der Waals surface area contributed by atoms with Crippen molar-refractivity contribution < 1.29 is 14.3 Å². The van der Waals surface area contributed by atoms with Crippen LogP contribution in [0.3, 0.4) is 0 Å². The van der Waals surface area contributed by atoms with Crippen LogP contribution in [0.25, 0.3) is 0 Å². The summed E-state index contributed by atoms with van der Waals surface area (Å²) >= 11 is 0. The monoisotopic (exact) mass is 213 g/mol. The number of nitrogens with zero attached hydrogens (tertiary/aromatic N) is 1. The first-order valence-corrected chi connectivity index (χ1v) is 5.75. The van der Waals surface area contributed by atoms with Crippen molar-refractivity contribution in [1.82, 2.24) is 4.90 Å². The van der Waals surface area contributed by atoms with Crippen LogP contribution in [0.2, 0.25) is 0 Å². The van der Waals surface area contributed by atoms with Gasteiger partial charge in [-0.15, -0.1) is 0 Å². The molecule has 1 atom stereocenters.